The van der Waals surface area contributed by atoms with Gasteiger partial charge in [0.15, 0.2) is 5.43 Å². The molecule has 38 heavy (non-hydrogen) atoms. The lowest BCUT2D eigenvalue weighted by Gasteiger charge is -2.40. The molecule has 5 heterocycles. The summed E-state index contributed by atoms with van der Waals surface area (Å²) in [5, 5.41) is 0.773. The number of anilines is 2. The van der Waals surface area contributed by atoms with Gasteiger partial charge in [-0.3, -0.25) is 14.7 Å². The van der Waals surface area contributed by atoms with E-state index in [0.29, 0.717) is 25.6 Å². The quantitative estimate of drug-likeness (QED) is 0.403. The predicted octanol–water partition coefficient (Wildman–Crippen LogP) is 3.92. The van der Waals surface area contributed by atoms with Gasteiger partial charge in [-0.05, 0) is 61.7 Å². The van der Waals surface area contributed by atoms with E-state index in [9.17, 15) is 4.79 Å². The Morgan fingerprint density at radius 1 is 1.11 bits per heavy atom. The van der Waals surface area contributed by atoms with Crippen LogP contribution in [0.2, 0.25) is 0 Å². The van der Waals surface area contributed by atoms with Gasteiger partial charge in [-0.25, -0.2) is 4.98 Å². The first-order valence-corrected chi connectivity index (χ1v) is 13.4. The Balaban J connectivity index is 1.35. The van der Waals surface area contributed by atoms with Gasteiger partial charge in [0.1, 0.15) is 5.82 Å². The third kappa shape index (κ3) is 5.01. The summed E-state index contributed by atoms with van der Waals surface area (Å²) in [7, 11) is 0. The largest absolute Gasteiger partial charge is 0.384 e. The van der Waals surface area contributed by atoms with Crippen LogP contribution in [0.1, 0.15) is 35.7 Å². The van der Waals surface area contributed by atoms with Crippen molar-refractivity contribution in [3.05, 3.63) is 94.2 Å². The van der Waals surface area contributed by atoms with E-state index in [1.54, 1.807) is 0 Å². The Morgan fingerprint density at radius 2 is 1.97 bits per heavy atom. The number of hydrogen-bond donors (Lipinski definition) is 1. The lowest BCUT2D eigenvalue weighted by molar-refractivity contribution is -0.0217. The molecule has 6 rings (SSSR count). The lowest BCUT2D eigenvalue weighted by Crippen LogP contribution is -2.48. The molecule has 3 aromatic heterocycles. The number of nitrogens with zero attached hydrogens (tertiary/aromatic N) is 5. The van der Waals surface area contributed by atoms with Crippen LogP contribution in [0.15, 0.2) is 71.9 Å². The molecule has 1 atom stereocenters. The fourth-order valence-electron chi connectivity index (χ4n) is 5.70. The van der Waals surface area contributed by atoms with Crippen molar-refractivity contribution in [2.24, 2.45) is 0 Å². The second-order valence-corrected chi connectivity index (χ2v) is 10.5. The van der Waals surface area contributed by atoms with Gasteiger partial charge in [0.25, 0.3) is 0 Å². The fourth-order valence-corrected chi connectivity index (χ4v) is 5.70. The zero-order valence-electron chi connectivity index (χ0n) is 21.8. The van der Waals surface area contributed by atoms with Crippen LogP contribution in [-0.4, -0.2) is 51.8 Å². The number of piperidine rings is 1. The summed E-state index contributed by atoms with van der Waals surface area (Å²) in [5.41, 5.74) is 11.0. The maximum atomic E-state index is 13.7. The summed E-state index contributed by atoms with van der Waals surface area (Å²) in [6.45, 7) is 6.56. The molecular formula is C30H34N6O2. The smallest absolute Gasteiger partial charge is 0.193 e. The molecule has 0 unspecified atom stereocenters. The minimum absolute atomic E-state index is 0.114. The number of pyridine rings is 3. The molecule has 8 nitrogen and oxygen atoms in total. The second-order valence-electron chi connectivity index (χ2n) is 10.5. The summed E-state index contributed by atoms with van der Waals surface area (Å²) in [5.74, 6) is 0.529. The van der Waals surface area contributed by atoms with Gasteiger partial charge in [0.05, 0.1) is 36.7 Å². The molecule has 0 spiro atoms. The van der Waals surface area contributed by atoms with Gasteiger partial charge in [0, 0.05) is 61.3 Å². The Hall–Kier alpha value is -3.75. The van der Waals surface area contributed by atoms with Crippen LogP contribution < -0.4 is 16.1 Å². The summed E-state index contributed by atoms with van der Waals surface area (Å²) >= 11 is 0. The third-order valence-electron chi connectivity index (χ3n) is 7.80. The second kappa shape index (κ2) is 10.6. The van der Waals surface area contributed by atoms with Crippen molar-refractivity contribution in [2.45, 2.75) is 44.9 Å². The number of rotatable bonds is 7. The molecule has 2 N–H and O–H groups in total. The highest BCUT2D eigenvalue weighted by Gasteiger charge is 2.28. The SMILES string of the molecule is Cc1cc(CN(Cc2cn(C3COC3)c3ccccc3c2=O)[C@H]2CCCN(c3ccc(N)nc3)C2)ccn1. The number of aromatic nitrogens is 3. The van der Waals surface area contributed by atoms with Crippen LogP contribution in [-0.2, 0) is 17.8 Å². The van der Waals surface area contributed by atoms with E-state index in [1.165, 1.54) is 5.56 Å². The van der Waals surface area contributed by atoms with E-state index >= 15 is 0 Å². The molecule has 0 amide bonds. The van der Waals surface area contributed by atoms with Crippen LogP contribution in [0.3, 0.4) is 0 Å². The van der Waals surface area contributed by atoms with Gasteiger partial charge < -0.3 is 19.9 Å². The maximum Gasteiger partial charge on any atom is 0.193 e. The average Bonchev–Trinajstić information content (AvgIpc) is 2.90. The third-order valence-corrected chi connectivity index (χ3v) is 7.80. The first kappa shape index (κ1) is 24.6. The highest BCUT2D eigenvalue weighted by molar-refractivity contribution is 5.79. The highest BCUT2D eigenvalue weighted by atomic mass is 16.5. The minimum atomic E-state index is 0.114. The Morgan fingerprint density at radius 3 is 2.74 bits per heavy atom. The molecule has 2 aliphatic heterocycles. The summed E-state index contributed by atoms with van der Waals surface area (Å²) in [6.07, 6.45) is 7.95. The van der Waals surface area contributed by atoms with Crippen molar-refractivity contribution >= 4 is 22.4 Å². The molecule has 0 bridgehead atoms. The van der Waals surface area contributed by atoms with E-state index < -0.39 is 0 Å². The number of para-hydroxylation sites is 1. The number of fused-ring (bicyclic) bond motifs is 1. The molecule has 4 aromatic rings. The molecule has 196 valence electrons. The van der Waals surface area contributed by atoms with Gasteiger partial charge in [0.2, 0.25) is 0 Å². The molecule has 1 aromatic carbocycles. The number of nitrogens with two attached hydrogens (primary N) is 1. The zero-order valence-corrected chi connectivity index (χ0v) is 21.8. The molecule has 0 saturated carbocycles. The summed E-state index contributed by atoms with van der Waals surface area (Å²) in [6, 6.07) is 16.6. The molecule has 8 heteroatoms. The fraction of sp³-hybridized carbons (Fsp3) is 0.367. The average molecular weight is 511 g/mol. The number of benzene rings is 1. The maximum absolute atomic E-state index is 13.7. The van der Waals surface area contributed by atoms with E-state index in [-0.39, 0.29) is 17.5 Å². The first-order valence-electron chi connectivity index (χ1n) is 13.4. The molecule has 2 fully saturated rings. The van der Waals surface area contributed by atoms with Gasteiger partial charge in [-0.2, -0.15) is 0 Å². The predicted molar refractivity (Wildman–Crippen MR) is 150 cm³/mol. The van der Waals surface area contributed by atoms with Crippen LogP contribution in [0.4, 0.5) is 11.5 Å². The van der Waals surface area contributed by atoms with Crippen molar-refractivity contribution in [2.75, 3.05) is 36.9 Å². The zero-order chi connectivity index (χ0) is 26.1. The summed E-state index contributed by atoms with van der Waals surface area (Å²) in [4.78, 5) is 27.3. The van der Waals surface area contributed by atoms with Crippen molar-refractivity contribution in [1.82, 2.24) is 19.4 Å². The normalized spacial score (nSPS) is 18.2. The van der Waals surface area contributed by atoms with Crippen LogP contribution >= 0.6 is 0 Å². The minimum Gasteiger partial charge on any atom is -0.384 e. The van der Waals surface area contributed by atoms with E-state index in [0.717, 1.165) is 60.3 Å². The molecule has 2 saturated heterocycles. The number of ether oxygens (including phenoxy) is 1. The van der Waals surface area contributed by atoms with Gasteiger partial charge >= 0.3 is 0 Å². The number of nitrogen functional groups attached to an aromatic ring is 1. The number of aryl methyl sites for hydroxylation is 1. The Kier molecular flexibility index (Phi) is 6.82. The van der Waals surface area contributed by atoms with Crippen LogP contribution in [0.25, 0.3) is 10.9 Å². The molecular weight excluding hydrogens is 476 g/mol. The van der Waals surface area contributed by atoms with Crippen LogP contribution in [0, 0.1) is 6.92 Å². The standard InChI is InChI=1S/C30H34N6O2/c1-21-13-22(10-11-32-21)15-35(25-5-4-12-34(18-25)24-8-9-29(31)33-14-24)16-23-17-36(26-19-38-20-26)28-7-3-2-6-27(28)30(23)37/h2-3,6-11,13-14,17,25-26H,4-5,12,15-16,18-20H2,1H3,(H2,31,33)/t25-/m0/s1. The van der Waals surface area contributed by atoms with E-state index in [4.69, 9.17) is 10.5 Å². The number of hydrogen-bond acceptors (Lipinski definition) is 7. The Labute approximate surface area is 222 Å². The molecule has 0 radical (unpaired) electrons. The van der Waals surface area contributed by atoms with Crippen molar-refractivity contribution in [3.8, 4) is 0 Å². The molecule has 0 aliphatic carbocycles. The van der Waals surface area contributed by atoms with Crippen molar-refractivity contribution < 1.29 is 4.74 Å². The van der Waals surface area contributed by atoms with Gasteiger partial charge in [-0.15, -0.1) is 0 Å². The summed E-state index contributed by atoms with van der Waals surface area (Å²) < 4.78 is 7.75. The Bertz CT molecular complexity index is 1480. The van der Waals surface area contributed by atoms with Crippen LogP contribution in [0.5, 0.6) is 0 Å². The van der Waals surface area contributed by atoms with E-state index in [1.807, 2.05) is 55.7 Å². The lowest BCUT2D eigenvalue weighted by atomic mass is 10.0. The van der Waals surface area contributed by atoms with Crippen molar-refractivity contribution in [1.29, 1.82) is 0 Å². The van der Waals surface area contributed by atoms with E-state index in [2.05, 4.69) is 42.7 Å². The monoisotopic (exact) mass is 510 g/mol. The molecule has 2 aliphatic rings. The van der Waals surface area contributed by atoms with Crippen molar-refractivity contribution in [3.63, 3.8) is 0 Å². The topological polar surface area (TPSA) is 89.5 Å². The highest BCUT2D eigenvalue weighted by Crippen LogP contribution is 2.27. The van der Waals surface area contributed by atoms with Gasteiger partial charge in [-0.1, -0.05) is 12.1 Å². The first-order chi connectivity index (χ1) is 18.5.